The first kappa shape index (κ1) is 15.5. The van der Waals surface area contributed by atoms with Crippen LogP contribution in [-0.2, 0) is 0 Å². The van der Waals surface area contributed by atoms with Crippen LogP contribution in [-0.4, -0.2) is 12.7 Å². The van der Waals surface area contributed by atoms with E-state index < -0.39 is 0 Å². The molecule has 0 heterocycles. The number of hydrogen-bond donors (Lipinski definition) is 1. The lowest BCUT2D eigenvalue weighted by atomic mass is 9.91. The Morgan fingerprint density at radius 1 is 0.600 bits per heavy atom. The van der Waals surface area contributed by atoms with Crippen molar-refractivity contribution >= 4 is 18.5 Å². The van der Waals surface area contributed by atoms with E-state index in [0.717, 1.165) is 5.56 Å². The largest absolute Gasteiger partial charge is 0.539 e. The summed E-state index contributed by atoms with van der Waals surface area (Å²) in [5, 5.41) is 11.3. The van der Waals surface area contributed by atoms with Crippen molar-refractivity contribution in [3.8, 4) is 28.0 Å². The molecule has 25 heavy (non-hydrogen) atoms. The van der Waals surface area contributed by atoms with Crippen molar-refractivity contribution in [2.24, 2.45) is 0 Å². The summed E-state index contributed by atoms with van der Waals surface area (Å²) in [5.74, 6) is 0.662. The summed E-state index contributed by atoms with van der Waals surface area (Å²) in [6, 6.07) is 31.1. The molecule has 0 aromatic heterocycles. The molecule has 0 saturated heterocycles. The lowest BCUT2D eigenvalue weighted by molar-refractivity contribution is 0.454. The summed E-state index contributed by atoms with van der Waals surface area (Å²) < 4.78 is 5.13. The van der Waals surface area contributed by atoms with Gasteiger partial charge in [-0.25, -0.2) is 0 Å². The van der Waals surface area contributed by atoms with Gasteiger partial charge >= 0.3 is 7.69 Å². The Hall–Kier alpha value is -3.04. The SMILES string of the molecule is OBOc1ccc(-c2cccc3cccc(-c4ccccc4)c23)cc1. The Bertz CT molecular complexity index is 990. The topological polar surface area (TPSA) is 29.5 Å². The maximum atomic E-state index is 8.89. The average molecular weight is 324 g/mol. The van der Waals surface area contributed by atoms with Crippen LogP contribution in [0, 0.1) is 0 Å². The van der Waals surface area contributed by atoms with Gasteiger partial charge in [-0.3, -0.25) is 0 Å². The van der Waals surface area contributed by atoms with Crippen LogP contribution >= 0.6 is 0 Å². The zero-order valence-electron chi connectivity index (χ0n) is 13.7. The molecule has 3 heteroatoms. The number of fused-ring (bicyclic) bond motifs is 1. The van der Waals surface area contributed by atoms with Crippen molar-refractivity contribution in [2.75, 3.05) is 0 Å². The molecule has 0 amide bonds. The van der Waals surface area contributed by atoms with Crippen LogP contribution in [0.3, 0.4) is 0 Å². The summed E-state index contributed by atoms with van der Waals surface area (Å²) in [6.07, 6.45) is 0. The van der Waals surface area contributed by atoms with E-state index in [2.05, 4.69) is 60.7 Å². The molecule has 0 bridgehead atoms. The second-order valence-corrected chi connectivity index (χ2v) is 5.87. The Kier molecular flexibility index (Phi) is 4.24. The molecule has 4 aromatic rings. The first-order valence-electron chi connectivity index (χ1n) is 8.28. The smallest absolute Gasteiger partial charge is 0.504 e. The minimum Gasteiger partial charge on any atom is -0.539 e. The van der Waals surface area contributed by atoms with Gasteiger partial charge in [0.2, 0.25) is 0 Å². The van der Waals surface area contributed by atoms with Crippen molar-refractivity contribution in [3.63, 3.8) is 0 Å². The van der Waals surface area contributed by atoms with Crippen molar-refractivity contribution in [3.05, 3.63) is 91.0 Å². The minimum absolute atomic E-state index is 0.314. The van der Waals surface area contributed by atoms with E-state index in [4.69, 9.17) is 9.68 Å². The van der Waals surface area contributed by atoms with Gasteiger partial charge in [0.05, 0.1) is 0 Å². The Labute approximate surface area is 147 Å². The predicted octanol–water partition coefficient (Wildman–Crippen LogP) is 4.81. The van der Waals surface area contributed by atoms with Crippen LogP contribution in [0.25, 0.3) is 33.0 Å². The maximum absolute atomic E-state index is 8.89. The third-order valence-corrected chi connectivity index (χ3v) is 4.39. The van der Waals surface area contributed by atoms with E-state index in [9.17, 15) is 0 Å². The fourth-order valence-electron chi connectivity index (χ4n) is 3.25. The number of benzene rings is 4. The van der Waals surface area contributed by atoms with Gasteiger partial charge in [-0.1, -0.05) is 78.9 Å². The molecule has 1 N–H and O–H groups in total. The zero-order chi connectivity index (χ0) is 17.1. The van der Waals surface area contributed by atoms with E-state index in [1.807, 2.05) is 30.3 Å². The minimum atomic E-state index is -0.314. The van der Waals surface area contributed by atoms with Gasteiger partial charge < -0.3 is 9.68 Å². The molecule has 0 radical (unpaired) electrons. The molecule has 0 aliphatic heterocycles. The van der Waals surface area contributed by atoms with Gasteiger partial charge in [-0.05, 0) is 45.2 Å². The average Bonchev–Trinajstić information content (AvgIpc) is 2.69. The quantitative estimate of drug-likeness (QED) is 0.546. The summed E-state index contributed by atoms with van der Waals surface area (Å²) in [7, 11) is -0.314. The molecule has 0 aliphatic rings. The summed E-state index contributed by atoms with van der Waals surface area (Å²) in [6.45, 7) is 0. The molecule has 0 fully saturated rings. The van der Waals surface area contributed by atoms with Crippen LogP contribution in [0.2, 0.25) is 0 Å². The predicted molar refractivity (Wildman–Crippen MR) is 105 cm³/mol. The second kappa shape index (κ2) is 6.84. The highest BCUT2D eigenvalue weighted by atomic mass is 16.5. The molecule has 0 spiro atoms. The fraction of sp³-hybridized carbons (Fsp3) is 0. The molecule has 4 rings (SSSR count). The third kappa shape index (κ3) is 3.02. The van der Waals surface area contributed by atoms with E-state index in [0.29, 0.717) is 5.75 Å². The van der Waals surface area contributed by atoms with E-state index >= 15 is 0 Å². The lowest BCUT2D eigenvalue weighted by Gasteiger charge is -2.13. The van der Waals surface area contributed by atoms with Gasteiger partial charge in [-0.15, -0.1) is 0 Å². The van der Waals surface area contributed by atoms with Gasteiger partial charge in [0.15, 0.2) is 0 Å². The molecule has 0 saturated carbocycles. The van der Waals surface area contributed by atoms with Crippen molar-refractivity contribution in [1.82, 2.24) is 0 Å². The molecule has 120 valence electrons. The van der Waals surface area contributed by atoms with Crippen LogP contribution < -0.4 is 4.65 Å². The van der Waals surface area contributed by atoms with Crippen LogP contribution in [0.4, 0.5) is 0 Å². The van der Waals surface area contributed by atoms with Crippen molar-refractivity contribution < 1.29 is 9.68 Å². The maximum Gasteiger partial charge on any atom is 0.504 e. The van der Waals surface area contributed by atoms with Gasteiger partial charge in [0.25, 0.3) is 0 Å². The number of hydrogen-bond acceptors (Lipinski definition) is 2. The molecule has 4 aromatic carbocycles. The van der Waals surface area contributed by atoms with Gasteiger partial charge in [0, 0.05) is 0 Å². The monoisotopic (exact) mass is 324 g/mol. The highest BCUT2D eigenvalue weighted by molar-refractivity contribution is 6.17. The zero-order valence-corrected chi connectivity index (χ0v) is 13.7. The Morgan fingerprint density at radius 3 is 1.80 bits per heavy atom. The normalized spacial score (nSPS) is 10.6. The van der Waals surface area contributed by atoms with Crippen molar-refractivity contribution in [2.45, 2.75) is 0 Å². The summed E-state index contributed by atoms with van der Waals surface area (Å²) >= 11 is 0. The van der Waals surface area contributed by atoms with Crippen molar-refractivity contribution in [1.29, 1.82) is 0 Å². The van der Waals surface area contributed by atoms with Gasteiger partial charge in [0.1, 0.15) is 5.75 Å². The molecule has 2 nitrogen and oxygen atoms in total. The second-order valence-electron chi connectivity index (χ2n) is 5.87. The first-order valence-corrected chi connectivity index (χ1v) is 8.28. The van der Waals surface area contributed by atoms with Crippen LogP contribution in [0.1, 0.15) is 0 Å². The molecular formula is C22H17BO2. The Balaban J connectivity index is 1.92. The highest BCUT2D eigenvalue weighted by Gasteiger charge is 2.10. The standard InChI is InChI=1S/C22H17BO2/c24-23-25-19-14-12-17(13-15-19)21-11-5-9-18-8-4-10-20(22(18)21)16-6-2-1-3-7-16/h1-15,23-24H. The highest BCUT2D eigenvalue weighted by Crippen LogP contribution is 2.36. The van der Waals surface area contributed by atoms with E-state index in [1.165, 1.54) is 27.5 Å². The van der Waals surface area contributed by atoms with Crippen LogP contribution in [0.15, 0.2) is 91.0 Å². The van der Waals surface area contributed by atoms with E-state index in [-0.39, 0.29) is 7.69 Å². The molecule has 0 atom stereocenters. The van der Waals surface area contributed by atoms with Gasteiger partial charge in [-0.2, -0.15) is 0 Å². The lowest BCUT2D eigenvalue weighted by Crippen LogP contribution is -1.99. The summed E-state index contributed by atoms with van der Waals surface area (Å²) in [5.41, 5.74) is 4.75. The first-order chi connectivity index (χ1) is 12.4. The number of rotatable bonds is 4. The van der Waals surface area contributed by atoms with Crippen LogP contribution in [0.5, 0.6) is 5.75 Å². The fourth-order valence-corrected chi connectivity index (χ4v) is 3.25. The molecule has 0 aliphatic carbocycles. The van der Waals surface area contributed by atoms with E-state index in [1.54, 1.807) is 0 Å². The third-order valence-electron chi connectivity index (χ3n) is 4.39. The molecule has 0 unspecified atom stereocenters. The Morgan fingerprint density at radius 2 is 1.20 bits per heavy atom. The molecular weight excluding hydrogens is 307 g/mol. The summed E-state index contributed by atoms with van der Waals surface area (Å²) in [4.78, 5) is 0.